The van der Waals surface area contributed by atoms with E-state index in [4.69, 9.17) is 9.84 Å². The molecule has 1 N–H and O–H groups in total. The van der Waals surface area contributed by atoms with E-state index in [2.05, 4.69) is 0 Å². The number of carboxylic acid groups (broad SMARTS) is 1. The van der Waals surface area contributed by atoms with Gasteiger partial charge >= 0.3 is 12.1 Å². The fourth-order valence-corrected chi connectivity index (χ4v) is 2.85. The lowest BCUT2D eigenvalue weighted by Gasteiger charge is -2.22. The van der Waals surface area contributed by atoms with Gasteiger partial charge in [-0.2, -0.15) is 13.2 Å². The van der Waals surface area contributed by atoms with Crippen LogP contribution in [-0.2, 0) is 9.53 Å². The van der Waals surface area contributed by atoms with Gasteiger partial charge in [-0.15, -0.1) is 11.8 Å². The molecule has 0 aliphatic carbocycles. The van der Waals surface area contributed by atoms with E-state index in [0.717, 1.165) is 0 Å². The van der Waals surface area contributed by atoms with Gasteiger partial charge in [-0.25, -0.2) is 0 Å². The molecule has 0 amide bonds. The van der Waals surface area contributed by atoms with Gasteiger partial charge in [-0.3, -0.25) is 4.79 Å². The first-order valence-electron chi connectivity index (χ1n) is 4.86. The highest BCUT2D eigenvalue weighted by molar-refractivity contribution is 8.00. The zero-order valence-electron chi connectivity index (χ0n) is 8.66. The minimum absolute atomic E-state index is 0.247. The van der Waals surface area contributed by atoms with E-state index in [9.17, 15) is 18.0 Å². The Morgan fingerprint density at radius 2 is 2.25 bits per heavy atom. The summed E-state index contributed by atoms with van der Waals surface area (Å²) in [5.74, 6) is -1.43. The molecular weight excluding hydrogens is 245 g/mol. The van der Waals surface area contributed by atoms with Crippen LogP contribution in [0.1, 0.15) is 19.8 Å². The van der Waals surface area contributed by atoms with Gasteiger partial charge in [0.05, 0.1) is 12.5 Å². The lowest BCUT2D eigenvalue weighted by Crippen LogP contribution is -2.31. The molecule has 1 aliphatic rings. The molecule has 0 aromatic rings. The normalized spacial score (nSPS) is 28.0. The summed E-state index contributed by atoms with van der Waals surface area (Å²) in [6.07, 6.45) is -5.08. The Labute approximate surface area is 95.3 Å². The number of alkyl halides is 3. The molecule has 1 fully saturated rings. The predicted octanol–water partition coefficient (Wildman–Crippen LogP) is 2.30. The van der Waals surface area contributed by atoms with Gasteiger partial charge < -0.3 is 9.84 Å². The standard InChI is InChI=1S/C9H13F3O3S/c1-5-6(2-3-15-5)16-7(4-8(13)14)9(10,11)12/h5-7H,2-4H2,1H3,(H,13,14). The fraction of sp³-hybridized carbons (Fsp3) is 0.889. The molecule has 3 unspecified atom stereocenters. The van der Waals surface area contributed by atoms with Gasteiger partial charge in [0.25, 0.3) is 0 Å². The van der Waals surface area contributed by atoms with Crippen LogP contribution < -0.4 is 0 Å². The highest BCUT2D eigenvalue weighted by Gasteiger charge is 2.44. The van der Waals surface area contributed by atoms with Crippen molar-refractivity contribution in [3.63, 3.8) is 0 Å². The maximum absolute atomic E-state index is 12.5. The molecule has 1 saturated heterocycles. The van der Waals surface area contributed by atoms with Crippen molar-refractivity contribution in [2.24, 2.45) is 0 Å². The molecule has 0 aromatic heterocycles. The molecule has 0 spiro atoms. The van der Waals surface area contributed by atoms with Crippen molar-refractivity contribution in [1.29, 1.82) is 0 Å². The maximum Gasteiger partial charge on any atom is 0.401 e. The van der Waals surface area contributed by atoms with Gasteiger partial charge in [0.15, 0.2) is 0 Å². The zero-order valence-corrected chi connectivity index (χ0v) is 9.48. The third-order valence-corrected chi connectivity index (χ3v) is 4.10. The Morgan fingerprint density at radius 3 is 2.62 bits per heavy atom. The summed E-state index contributed by atoms with van der Waals surface area (Å²) in [4.78, 5) is 10.4. The number of carboxylic acids is 1. The highest BCUT2D eigenvalue weighted by Crippen LogP contribution is 2.39. The molecule has 94 valence electrons. The van der Waals surface area contributed by atoms with E-state index in [1.807, 2.05) is 0 Å². The Kier molecular flexibility index (Phi) is 4.49. The SMILES string of the molecule is CC1OCCC1SC(CC(=O)O)C(F)(F)F. The second-order valence-corrected chi connectivity index (χ2v) is 5.11. The molecule has 1 heterocycles. The summed E-state index contributed by atoms with van der Waals surface area (Å²) < 4.78 is 42.8. The van der Waals surface area contributed by atoms with Gasteiger partial charge in [-0.1, -0.05) is 0 Å². The molecule has 16 heavy (non-hydrogen) atoms. The van der Waals surface area contributed by atoms with Gasteiger partial charge in [0, 0.05) is 11.9 Å². The molecule has 7 heteroatoms. The average molecular weight is 258 g/mol. The summed E-state index contributed by atoms with van der Waals surface area (Å²) in [6, 6.07) is 0. The average Bonchev–Trinajstić information content (AvgIpc) is 2.48. The second kappa shape index (κ2) is 5.27. The molecule has 3 nitrogen and oxygen atoms in total. The van der Waals surface area contributed by atoms with Gasteiger partial charge in [-0.05, 0) is 13.3 Å². The van der Waals surface area contributed by atoms with Crippen LogP contribution in [0.4, 0.5) is 13.2 Å². The molecule has 0 saturated carbocycles. The number of aliphatic carboxylic acids is 1. The Balaban J connectivity index is 2.59. The Hall–Kier alpha value is -0.430. The monoisotopic (exact) mass is 258 g/mol. The van der Waals surface area contributed by atoms with Crippen molar-refractivity contribution >= 4 is 17.7 Å². The van der Waals surface area contributed by atoms with Gasteiger partial charge in [0.1, 0.15) is 5.25 Å². The molecule has 1 rings (SSSR count). The van der Waals surface area contributed by atoms with Crippen molar-refractivity contribution in [3.05, 3.63) is 0 Å². The summed E-state index contributed by atoms with van der Waals surface area (Å²) in [5.41, 5.74) is 0. The van der Waals surface area contributed by atoms with Crippen molar-refractivity contribution < 1.29 is 27.8 Å². The Bertz CT molecular complexity index is 257. The summed E-state index contributed by atoms with van der Waals surface area (Å²) >= 11 is 0.665. The van der Waals surface area contributed by atoms with Crippen LogP contribution in [0.5, 0.6) is 0 Å². The van der Waals surface area contributed by atoms with E-state index < -0.39 is 23.8 Å². The molecule has 0 radical (unpaired) electrons. The first-order chi connectivity index (χ1) is 7.30. The predicted molar refractivity (Wildman–Crippen MR) is 53.5 cm³/mol. The van der Waals surface area contributed by atoms with Crippen molar-refractivity contribution in [2.75, 3.05) is 6.61 Å². The summed E-state index contributed by atoms with van der Waals surface area (Å²) in [5, 5.41) is 6.32. The lowest BCUT2D eigenvalue weighted by molar-refractivity contribution is -0.150. The van der Waals surface area contributed by atoms with E-state index in [0.29, 0.717) is 24.8 Å². The minimum atomic E-state index is -4.48. The van der Waals surface area contributed by atoms with Crippen LogP contribution in [0.25, 0.3) is 0 Å². The number of halogens is 3. The van der Waals surface area contributed by atoms with E-state index >= 15 is 0 Å². The van der Waals surface area contributed by atoms with Crippen LogP contribution in [0.3, 0.4) is 0 Å². The molecule has 0 bridgehead atoms. The molecule has 3 atom stereocenters. The van der Waals surface area contributed by atoms with Crippen molar-refractivity contribution in [1.82, 2.24) is 0 Å². The van der Waals surface area contributed by atoms with E-state index in [1.165, 1.54) is 0 Å². The number of hydrogen-bond donors (Lipinski definition) is 1. The summed E-state index contributed by atoms with van der Waals surface area (Å²) in [7, 11) is 0. The lowest BCUT2D eigenvalue weighted by atomic mass is 10.2. The third-order valence-electron chi connectivity index (χ3n) is 2.37. The number of carbonyl (C=O) groups is 1. The quantitative estimate of drug-likeness (QED) is 0.840. The van der Waals surface area contributed by atoms with Crippen molar-refractivity contribution in [3.8, 4) is 0 Å². The highest BCUT2D eigenvalue weighted by atomic mass is 32.2. The van der Waals surface area contributed by atoms with Crippen LogP contribution in [0.15, 0.2) is 0 Å². The summed E-state index contributed by atoms with van der Waals surface area (Å²) in [6.45, 7) is 2.15. The fourth-order valence-electron chi connectivity index (χ4n) is 1.50. The Morgan fingerprint density at radius 1 is 1.62 bits per heavy atom. The number of ether oxygens (including phenoxy) is 1. The largest absolute Gasteiger partial charge is 0.481 e. The topological polar surface area (TPSA) is 46.5 Å². The molecule has 1 aliphatic heterocycles. The second-order valence-electron chi connectivity index (χ2n) is 3.67. The van der Waals surface area contributed by atoms with Crippen molar-refractivity contribution in [2.45, 2.75) is 42.5 Å². The number of thioether (sulfide) groups is 1. The van der Waals surface area contributed by atoms with E-state index in [-0.39, 0.29) is 11.4 Å². The first-order valence-corrected chi connectivity index (χ1v) is 5.80. The zero-order chi connectivity index (χ0) is 12.3. The molecule has 0 aromatic carbocycles. The number of hydrogen-bond acceptors (Lipinski definition) is 3. The van der Waals surface area contributed by atoms with Gasteiger partial charge in [0.2, 0.25) is 0 Å². The third kappa shape index (κ3) is 3.86. The first kappa shape index (κ1) is 13.6. The van der Waals surface area contributed by atoms with Crippen LogP contribution in [0, 0.1) is 0 Å². The minimum Gasteiger partial charge on any atom is -0.481 e. The van der Waals surface area contributed by atoms with Crippen LogP contribution in [-0.4, -0.2) is 40.5 Å². The van der Waals surface area contributed by atoms with Crippen LogP contribution in [0.2, 0.25) is 0 Å². The smallest absolute Gasteiger partial charge is 0.401 e. The van der Waals surface area contributed by atoms with E-state index in [1.54, 1.807) is 6.92 Å². The number of rotatable bonds is 4. The maximum atomic E-state index is 12.5. The molecular formula is C9H13F3O3S. The van der Waals surface area contributed by atoms with Crippen LogP contribution >= 0.6 is 11.8 Å².